The van der Waals surface area contributed by atoms with Gasteiger partial charge in [-0.15, -0.1) is 0 Å². The van der Waals surface area contributed by atoms with Crippen molar-refractivity contribution in [2.75, 3.05) is 0 Å². The van der Waals surface area contributed by atoms with Crippen LogP contribution in [0.5, 0.6) is 0 Å². The summed E-state index contributed by atoms with van der Waals surface area (Å²) in [5.74, 6) is 0.700. The van der Waals surface area contributed by atoms with Gasteiger partial charge in [-0.05, 0) is 17.0 Å². The zero-order valence-electron chi connectivity index (χ0n) is 8.46. The fourth-order valence-corrected chi connectivity index (χ4v) is 1.67. The van der Waals surface area contributed by atoms with Gasteiger partial charge in [0.05, 0.1) is 0 Å². The number of halogens is 1. The fourth-order valence-electron chi connectivity index (χ4n) is 1.51. The van der Waals surface area contributed by atoms with Crippen molar-refractivity contribution < 1.29 is 4.85 Å². The maximum Gasteiger partial charge on any atom is 0.271 e. The molecule has 1 aromatic carbocycles. The molecule has 0 spiro atoms. The van der Waals surface area contributed by atoms with Gasteiger partial charge in [0.2, 0.25) is 0 Å². The lowest BCUT2D eigenvalue weighted by molar-refractivity contribution is -0.642. The van der Waals surface area contributed by atoms with Crippen molar-refractivity contribution in [3.05, 3.63) is 40.8 Å². The number of imidazole rings is 1. The van der Waals surface area contributed by atoms with Crippen molar-refractivity contribution in [1.29, 1.82) is 0 Å². The summed E-state index contributed by atoms with van der Waals surface area (Å²) in [6.45, 7) is 0. The van der Waals surface area contributed by atoms with E-state index in [1.807, 2.05) is 0 Å². The predicted octanol–water partition coefficient (Wildman–Crippen LogP) is 1.31. The van der Waals surface area contributed by atoms with Crippen LogP contribution in [0.2, 0.25) is 5.02 Å². The highest BCUT2D eigenvalue weighted by Crippen LogP contribution is 2.16. The van der Waals surface area contributed by atoms with Crippen molar-refractivity contribution in [2.24, 2.45) is 0 Å². The van der Waals surface area contributed by atoms with Crippen LogP contribution in [0.4, 0.5) is 0 Å². The molecule has 1 N–H and O–H groups in total. The van der Waals surface area contributed by atoms with E-state index in [4.69, 9.17) is 11.6 Å². The number of fused-ring (bicyclic) bond motifs is 1. The van der Waals surface area contributed by atoms with Gasteiger partial charge >= 0.3 is 0 Å². The summed E-state index contributed by atoms with van der Waals surface area (Å²) in [7, 11) is 0. The van der Waals surface area contributed by atoms with E-state index in [9.17, 15) is 5.21 Å². The van der Waals surface area contributed by atoms with Crippen molar-refractivity contribution >= 4 is 22.6 Å². The number of aromatic nitrogens is 5. The molecule has 0 aliphatic carbocycles. The second-order valence-corrected chi connectivity index (χ2v) is 3.82. The van der Waals surface area contributed by atoms with Crippen LogP contribution < -0.4 is 4.85 Å². The molecule has 3 rings (SSSR count). The lowest BCUT2D eigenvalue weighted by atomic mass is 10.3. The summed E-state index contributed by atoms with van der Waals surface area (Å²) in [5.41, 5.74) is 0.846. The van der Waals surface area contributed by atoms with E-state index in [1.54, 1.807) is 24.5 Å². The first kappa shape index (κ1) is 9.98. The Morgan fingerprint density at radius 3 is 3.00 bits per heavy atom. The van der Waals surface area contributed by atoms with Gasteiger partial charge in [-0.25, -0.2) is 9.97 Å². The molecule has 0 unspecified atom stereocenters. The molecular weight excluding hydrogens is 242 g/mol. The first-order valence-corrected chi connectivity index (χ1v) is 5.19. The summed E-state index contributed by atoms with van der Waals surface area (Å²) in [4.78, 5) is 11.6. The molecule has 0 amide bonds. The molecule has 0 atom stereocenters. The van der Waals surface area contributed by atoms with Gasteiger partial charge in [-0.3, -0.25) is 0 Å². The van der Waals surface area contributed by atoms with Crippen molar-refractivity contribution in [3.8, 4) is 11.6 Å². The normalized spacial score (nSPS) is 10.9. The standard InChI is InChI=1S/C10H6ClN5O/c11-6-1-2-7-8(5-6)16(17)15-10(14-7)9-12-3-4-13-9/h1-5H,(H,12,13). The monoisotopic (exact) mass is 247 g/mol. The average molecular weight is 248 g/mol. The van der Waals surface area contributed by atoms with Crippen LogP contribution in [0, 0.1) is 5.21 Å². The van der Waals surface area contributed by atoms with E-state index in [0.29, 0.717) is 26.7 Å². The molecule has 0 fully saturated rings. The van der Waals surface area contributed by atoms with E-state index in [0.717, 1.165) is 0 Å². The molecule has 0 saturated heterocycles. The molecular formula is C10H6ClN5O. The van der Waals surface area contributed by atoms with Crippen LogP contribution >= 0.6 is 11.6 Å². The summed E-state index contributed by atoms with van der Waals surface area (Å²) < 4.78 is 0. The number of benzene rings is 1. The van der Waals surface area contributed by atoms with Crippen molar-refractivity contribution in [2.45, 2.75) is 0 Å². The number of hydrogen-bond donors (Lipinski definition) is 1. The Morgan fingerprint density at radius 2 is 2.24 bits per heavy atom. The molecule has 0 aliphatic rings. The first-order chi connectivity index (χ1) is 8.24. The molecule has 3 aromatic rings. The average Bonchev–Trinajstić information content (AvgIpc) is 2.83. The zero-order valence-corrected chi connectivity index (χ0v) is 9.22. The SMILES string of the molecule is [O-][n+]1nc(-c2ncc[nH]2)nc2ccc(Cl)cc21. The van der Waals surface area contributed by atoms with E-state index < -0.39 is 0 Å². The number of rotatable bonds is 1. The lowest BCUT2D eigenvalue weighted by Crippen LogP contribution is -2.33. The third-order valence-electron chi connectivity index (χ3n) is 2.27. The van der Waals surface area contributed by atoms with Gasteiger partial charge in [0.15, 0.2) is 5.82 Å². The number of aromatic amines is 1. The molecule has 0 saturated carbocycles. The van der Waals surface area contributed by atoms with E-state index in [1.165, 1.54) is 6.07 Å². The Hall–Kier alpha value is -2.21. The lowest BCUT2D eigenvalue weighted by Gasteiger charge is -2.00. The number of nitrogens with zero attached hydrogens (tertiary/aromatic N) is 4. The van der Waals surface area contributed by atoms with Crippen LogP contribution in [-0.4, -0.2) is 20.1 Å². The highest BCUT2D eigenvalue weighted by atomic mass is 35.5. The van der Waals surface area contributed by atoms with Crippen LogP contribution in [-0.2, 0) is 0 Å². The first-order valence-electron chi connectivity index (χ1n) is 4.81. The van der Waals surface area contributed by atoms with Crippen LogP contribution in [0.3, 0.4) is 0 Å². The molecule has 84 valence electrons. The van der Waals surface area contributed by atoms with Crippen molar-refractivity contribution in [3.63, 3.8) is 0 Å². The third kappa shape index (κ3) is 1.68. The molecule has 0 bridgehead atoms. The topological polar surface area (TPSA) is 81.4 Å². The number of H-pyrrole nitrogens is 1. The largest absolute Gasteiger partial charge is 0.594 e. The van der Waals surface area contributed by atoms with Crippen LogP contribution in [0.25, 0.3) is 22.7 Å². The third-order valence-corrected chi connectivity index (χ3v) is 2.50. The molecule has 7 heteroatoms. The summed E-state index contributed by atoms with van der Waals surface area (Å²) >= 11 is 5.80. The van der Waals surface area contributed by atoms with Crippen LogP contribution in [0.1, 0.15) is 0 Å². The van der Waals surface area contributed by atoms with Gasteiger partial charge in [0.1, 0.15) is 5.52 Å². The highest BCUT2D eigenvalue weighted by molar-refractivity contribution is 6.31. The molecule has 17 heavy (non-hydrogen) atoms. The van der Waals surface area contributed by atoms with Crippen molar-refractivity contribution in [1.82, 2.24) is 20.1 Å². The zero-order chi connectivity index (χ0) is 11.8. The minimum Gasteiger partial charge on any atom is -0.594 e. The summed E-state index contributed by atoms with van der Waals surface area (Å²) in [5, 5.41) is 16.0. The quantitative estimate of drug-likeness (QED) is 0.519. The summed E-state index contributed by atoms with van der Waals surface area (Å²) in [6, 6.07) is 4.86. The van der Waals surface area contributed by atoms with E-state index in [2.05, 4.69) is 20.1 Å². The van der Waals surface area contributed by atoms with Gasteiger partial charge in [0.25, 0.3) is 11.3 Å². The second-order valence-electron chi connectivity index (χ2n) is 3.38. The van der Waals surface area contributed by atoms with Crippen LogP contribution in [0.15, 0.2) is 30.6 Å². The van der Waals surface area contributed by atoms with E-state index >= 15 is 0 Å². The Labute approximate surface area is 100 Å². The summed E-state index contributed by atoms with van der Waals surface area (Å²) in [6.07, 6.45) is 3.21. The molecule has 6 nitrogen and oxygen atoms in total. The Morgan fingerprint density at radius 1 is 1.35 bits per heavy atom. The van der Waals surface area contributed by atoms with Gasteiger partial charge in [-0.2, -0.15) is 0 Å². The minimum absolute atomic E-state index is 0.250. The predicted molar refractivity (Wildman–Crippen MR) is 61.1 cm³/mol. The smallest absolute Gasteiger partial charge is 0.271 e. The molecule has 2 aromatic heterocycles. The Bertz CT molecular complexity index is 682. The number of nitrogens with one attached hydrogen (secondary N) is 1. The molecule has 0 radical (unpaired) electrons. The Balaban J connectivity index is 2.28. The molecule has 0 aliphatic heterocycles. The maximum absolute atomic E-state index is 11.7. The fraction of sp³-hybridized carbons (Fsp3) is 0. The number of hydrogen-bond acceptors (Lipinski definition) is 4. The highest BCUT2D eigenvalue weighted by Gasteiger charge is 2.14. The Kier molecular flexibility index (Phi) is 2.15. The van der Waals surface area contributed by atoms with Gasteiger partial charge in [0, 0.05) is 28.6 Å². The minimum atomic E-state index is 0.250. The van der Waals surface area contributed by atoms with Gasteiger partial charge in [-0.1, -0.05) is 11.6 Å². The second kappa shape index (κ2) is 3.67. The van der Waals surface area contributed by atoms with E-state index in [-0.39, 0.29) is 5.82 Å². The molecule has 2 heterocycles. The maximum atomic E-state index is 11.7. The van der Waals surface area contributed by atoms with Gasteiger partial charge < -0.3 is 10.2 Å².